The van der Waals surface area contributed by atoms with Crippen LogP contribution in [0, 0.1) is 0 Å². The van der Waals surface area contributed by atoms with Gasteiger partial charge in [-0.25, -0.2) is 0 Å². The van der Waals surface area contributed by atoms with Crippen LogP contribution in [0.2, 0.25) is 0 Å². The van der Waals surface area contributed by atoms with Crippen molar-refractivity contribution >= 4 is 17.8 Å². The first-order valence-corrected chi connectivity index (χ1v) is 4.07. The number of hydrogen-bond acceptors (Lipinski definition) is 3. The maximum atomic E-state index is 11.2. The molecular weight excluding hydrogens is 188 g/mol. The number of carbonyl (C=O) groups is 3. The maximum Gasteiger partial charge on any atom is 0.312 e. The van der Waals surface area contributed by atoms with Crippen LogP contribution in [0.5, 0.6) is 0 Å². The number of aliphatic carboxylic acids is 1. The number of rotatable bonds is 4. The highest BCUT2D eigenvalue weighted by molar-refractivity contribution is 5.95. The molecule has 2 N–H and O–H groups in total. The lowest BCUT2D eigenvalue weighted by Gasteiger charge is -2.17. The van der Waals surface area contributed by atoms with Gasteiger partial charge in [0.25, 0.3) is 0 Å². The third-order valence-corrected chi connectivity index (χ3v) is 1.50. The van der Waals surface area contributed by atoms with E-state index in [1.54, 1.807) is 14.1 Å². The Morgan fingerprint density at radius 3 is 2.21 bits per heavy atom. The molecule has 0 aliphatic heterocycles. The van der Waals surface area contributed by atoms with E-state index in [1.807, 2.05) is 0 Å². The fraction of sp³-hybridized carbons (Fsp3) is 0.625. The lowest BCUT2D eigenvalue weighted by atomic mass is 10.3. The molecule has 6 heteroatoms. The molecule has 80 valence electrons. The Morgan fingerprint density at radius 1 is 1.36 bits per heavy atom. The Balaban J connectivity index is 4.06. The molecule has 1 atom stereocenters. The molecule has 0 saturated heterocycles. The van der Waals surface area contributed by atoms with Gasteiger partial charge in [-0.15, -0.1) is 0 Å². The molecule has 0 aliphatic rings. The van der Waals surface area contributed by atoms with E-state index in [0.717, 1.165) is 0 Å². The second kappa shape index (κ2) is 5.21. The molecule has 6 nitrogen and oxygen atoms in total. The Labute approximate surface area is 81.9 Å². The summed E-state index contributed by atoms with van der Waals surface area (Å²) >= 11 is 0. The topological polar surface area (TPSA) is 86.7 Å². The van der Waals surface area contributed by atoms with E-state index >= 15 is 0 Å². The van der Waals surface area contributed by atoms with Crippen molar-refractivity contribution in [1.82, 2.24) is 10.2 Å². The van der Waals surface area contributed by atoms with Gasteiger partial charge >= 0.3 is 5.97 Å². The first kappa shape index (κ1) is 12.4. The molecule has 0 radical (unpaired) electrons. The van der Waals surface area contributed by atoms with Gasteiger partial charge in [-0.05, 0) is 6.92 Å². The van der Waals surface area contributed by atoms with Crippen molar-refractivity contribution in [1.29, 1.82) is 0 Å². The second-order valence-electron chi connectivity index (χ2n) is 3.09. The highest BCUT2D eigenvalue weighted by Crippen LogP contribution is 1.90. The minimum atomic E-state index is -1.22. The Morgan fingerprint density at radius 2 is 1.86 bits per heavy atom. The summed E-state index contributed by atoms with van der Waals surface area (Å²) in [4.78, 5) is 33.6. The number of carboxylic acids is 1. The molecule has 1 unspecified atom stereocenters. The summed E-state index contributed by atoms with van der Waals surface area (Å²) < 4.78 is 0. The number of nitrogens with one attached hydrogen (secondary N) is 1. The van der Waals surface area contributed by atoms with Gasteiger partial charge in [0.15, 0.2) is 0 Å². The van der Waals surface area contributed by atoms with Gasteiger partial charge < -0.3 is 15.3 Å². The van der Waals surface area contributed by atoms with Crippen LogP contribution in [0.15, 0.2) is 0 Å². The van der Waals surface area contributed by atoms with Crippen LogP contribution < -0.4 is 5.32 Å². The zero-order chi connectivity index (χ0) is 11.3. The summed E-state index contributed by atoms with van der Waals surface area (Å²) in [6.45, 7) is 1.50. The van der Waals surface area contributed by atoms with Gasteiger partial charge in [0.2, 0.25) is 11.8 Å². The molecule has 14 heavy (non-hydrogen) atoms. The molecule has 0 heterocycles. The SMILES string of the molecule is CC(NC(=O)CC(=O)O)C(=O)N(C)C. The Kier molecular flexibility index (Phi) is 4.62. The first-order valence-electron chi connectivity index (χ1n) is 4.07. The average molecular weight is 202 g/mol. The van der Waals surface area contributed by atoms with E-state index in [0.29, 0.717) is 0 Å². The number of hydrogen-bond donors (Lipinski definition) is 2. The summed E-state index contributed by atoms with van der Waals surface area (Å²) in [7, 11) is 3.12. The largest absolute Gasteiger partial charge is 0.481 e. The number of carbonyl (C=O) groups excluding carboxylic acids is 2. The molecule has 0 aromatic carbocycles. The average Bonchev–Trinajstić information content (AvgIpc) is 2.00. The summed E-state index contributed by atoms with van der Waals surface area (Å²) in [5.41, 5.74) is 0. The molecule has 2 amide bonds. The number of carboxylic acid groups (broad SMARTS) is 1. The predicted octanol–water partition coefficient (Wildman–Crippen LogP) is -0.946. The number of amides is 2. The van der Waals surface area contributed by atoms with E-state index in [9.17, 15) is 14.4 Å². The lowest BCUT2D eigenvalue weighted by molar-refractivity contribution is -0.142. The quantitative estimate of drug-likeness (QED) is 0.576. The van der Waals surface area contributed by atoms with Crippen LogP contribution in [0.3, 0.4) is 0 Å². The molecule has 0 saturated carbocycles. The second-order valence-corrected chi connectivity index (χ2v) is 3.09. The van der Waals surface area contributed by atoms with Gasteiger partial charge in [0.1, 0.15) is 12.5 Å². The van der Waals surface area contributed by atoms with Crippen molar-refractivity contribution in [3.05, 3.63) is 0 Å². The maximum absolute atomic E-state index is 11.2. The molecule has 0 spiro atoms. The van der Waals surface area contributed by atoms with Crippen LogP contribution in [-0.2, 0) is 14.4 Å². The fourth-order valence-electron chi connectivity index (χ4n) is 0.879. The third kappa shape index (κ3) is 4.44. The summed E-state index contributed by atoms with van der Waals surface area (Å²) in [6.07, 6.45) is -0.620. The van der Waals surface area contributed by atoms with Gasteiger partial charge in [-0.3, -0.25) is 14.4 Å². The van der Waals surface area contributed by atoms with E-state index < -0.39 is 24.3 Å². The third-order valence-electron chi connectivity index (χ3n) is 1.50. The molecule has 0 bridgehead atoms. The fourth-order valence-corrected chi connectivity index (χ4v) is 0.879. The minimum absolute atomic E-state index is 0.274. The van der Waals surface area contributed by atoms with Crippen molar-refractivity contribution < 1.29 is 19.5 Å². The Hall–Kier alpha value is -1.59. The molecular formula is C8H14N2O4. The molecule has 0 fully saturated rings. The molecule has 0 aliphatic carbocycles. The standard InChI is InChI=1S/C8H14N2O4/c1-5(8(14)10(2)3)9-6(11)4-7(12)13/h5H,4H2,1-3H3,(H,9,11)(H,12,13). The van der Waals surface area contributed by atoms with Gasteiger partial charge in [0, 0.05) is 14.1 Å². The Bertz CT molecular complexity index is 250. The summed E-state index contributed by atoms with van der Waals surface area (Å²) in [6, 6.07) is -0.697. The highest BCUT2D eigenvalue weighted by atomic mass is 16.4. The first-order chi connectivity index (χ1) is 6.34. The molecule has 0 aromatic heterocycles. The lowest BCUT2D eigenvalue weighted by Crippen LogP contribution is -2.44. The zero-order valence-electron chi connectivity index (χ0n) is 8.40. The summed E-state index contributed by atoms with van der Waals surface area (Å²) in [5, 5.41) is 10.6. The van der Waals surface area contributed by atoms with Crippen LogP contribution in [0.25, 0.3) is 0 Å². The van der Waals surface area contributed by atoms with Crippen molar-refractivity contribution in [2.75, 3.05) is 14.1 Å². The van der Waals surface area contributed by atoms with Crippen LogP contribution in [0.4, 0.5) is 0 Å². The van der Waals surface area contributed by atoms with E-state index in [1.165, 1.54) is 11.8 Å². The number of likely N-dealkylation sites (N-methyl/N-ethyl adjacent to an activating group) is 1. The minimum Gasteiger partial charge on any atom is -0.481 e. The molecule has 0 rings (SSSR count). The smallest absolute Gasteiger partial charge is 0.312 e. The summed E-state index contributed by atoms with van der Waals surface area (Å²) in [5.74, 6) is -2.16. The van der Waals surface area contributed by atoms with E-state index in [4.69, 9.17) is 5.11 Å². The van der Waals surface area contributed by atoms with Gasteiger partial charge in [-0.2, -0.15) is 0 Å². The van der Waals surface area contributed by atoms with Crippen LogP contribution in [0.1, 0.15) is 13.3 Å². The monoisotopic (exact) mass is 202 g/mol. The zero-order valence-corrected chi connectivity index (χ0v) is 8.40. The predicted molar refractivity (Wildman–Crippen MR) is 48.6 cm³/mol. The van der Waals surface area contributed by atoms with E-state index in [-0.39, 0.29) is 5.91 Å². The van der Waals surface area contributed by atoms with Gasteiger partial charge in [-0.1, -0.05) is 0 Å². The normalized spacial score (nSPS) is 11.6. The van der Waals surface area contributed by atoms with Crippen LogP contribution >= 0.6 is 0 Å². The van der Waals surface area contributed by atoms with Crippen molar-refractivity contribution in [2.45, 2.75) is 19.4 Å². The van der Waals surface area contributed by atoms with Crippen molar-refractivity contribution in [3.8, 4) is 0 Å². The highest BCUT2D eigenvalue weighted by Gasteiger charge is 2.18. The van der Waals surface area contributed by atoms with E-state index in [2.05, 4.69) is 5.32 Å². The van der Waals surface area contributed by atoms with Gasteiger partial charge in [0.05, 0.1) is 0 Å². The molecule has 0 aromatic rings. The van der Waals surface area contributed by atoms with Crippen LogP contribution in [-0.4, -0.2) is 47.9 Å². The number of nitrogens with zero attached hydrogens (tertiary/aromatic N) is 1. The van der Waals surface area contributed by atoms with Crippen molar-refractivity contribution in [2.24, 2.45) is 0 Å². The van der Waals surface area contributed by atoms with Crippen molar-refractivity contribution in [3.63, 3.8) is 0 Å².